The lowest BCUT2D eigenvalue weighted by atomic mass is 10.1. The molecule has 3 nitrogen and oxygen atoms in total. The maximum atomic E-state index is 5.50. The monoisotopic (exact) mass is 248 g/mol. The summed E-state index contributed by atoms with van der Waals surface area (Å²) in [5.41, 5.74) is 2.89. The number of nitrogens with one attached hydrogen (secondary N) is 2. The van der Waals surface area contributed by atoms with Crippen LogP contribution in [0.15, 0.2) is 18.2 Å². The molecule has 18 heavy (non-hydrogen) atoms. The van der Waals surface area contributed by atoms with Crippen molar-refractivity contribution >= 4 is 0 Å². The van der Waals surface area contributed by atoms with Gasteiger partial charge in [-0.2, -0.15) is 0 Å². The molecule has 1 heterocycles. The molecule has 1 aromatic rings. The normalized spacial score (nSPS) is 14.4. The standard InChI is InChI=1S/C15H24N2O/c1-15(2,3)17-8-7-16-11-12-4-5-14-13(10-12)6-9-18-14/h4-5,10,16-17H,6-9,11H2,1-3H3. The molecule has 1 aliphatic rings. The van der Waals surface area contributed by atoms with Gasteiger partial charge in [0.15, 0.2) is 0 Å². The second-order valence-electron chi connectivity index (χ2n) is 5.89. The Hall–Kier alpha value is -1.06. The van der Waals surface area contributed by atoms with Crippen molar-refractivity contribution in [2.24, 2.45) is 0 Å². The molecule has 0 saturated carbocycles. The third-order valence-electron chi connectivity index (χ3n) is 3.04. The largest absolute Gasteiger partial charge is 0.493 e. The van der Waals surface area contributed by atoms with Crippen LogP contribution in [0.3, 0.4) is 0 Å². The fourth-order valence-electron chi connectivity index (χ4n) is 2.11. The van der Waals surface area contributed by atoms with Crippen LogP contribution in [0.1, 0.15) is 31.9 Å². The molecule has 2 rings (SSSR count). The van der Waals surface area contributed by atoms with Gasteiger partial charge >= 0.3 is 0 Å². The van der Waals surface area contributed by atoms with Crippen molar-refractivity contribution in [1.29, 1.82) is 0 Å². The molecule has 0 saturated heterocycles. The number of benzene rings is 1. The lowest BCUT2D eigenvalue weighted by Crippen LogP contribution is -2.40. The number of ether oxygens (including phenoxy) is 1. The molecule has 0 radical (unpaired) electrons. The fourth-order valence-corrected chi connectivity index (χ4v) is 2.11. The number of hydrogen-bond acceptors (Lipinski definition) is 3. The van der Waals surface area contributed by atoms with E-state index in [4.69, 9.17) is 4.74 Å². The van der Waals surface area contributed by atoms with E-state index >= 15 is 0 Å². The third-order valence-corrected chi connectivity index (χ3v) is 3.04. The van der Waals surface area contributed by atoms with E-state index in [9.17, 15) is 0 Å². The molecule has 0 aliphatic carbocycles. The molecule has 2 N–H and O–H groups in total. The molecular weight excluding hydrogens is 224 g/mol. The summed E-state index contributed by atoms with van der Waals surface area (Å²) in [4.78, 5) is 0. The zero-order valence-corrected chi connectivity index (χ0v) is 11.7. The van der Waals surface area contributed by atoms with Crippen LogP contribution in [0.5, 0.6) is 5.75 Å². The third kappa shape index (κ3) is 4.00. The number of hydrogen-bond donors (Lipinski definition) is 2. The van der Waals surface area contributed by atoms with Crippen LogP contribution in [0, 0.1) is 0 Å². The maximum Gasteiger partial charge on any atom is 0.122 e. The summed E-state index contributed by atoms with van der Waals surface area (Å²) < 4.78 is 5.50. The number of fused-ring (bicyclic) bond motifs is 1. The van der Waals surface area contributed by atoms with E-state index in [0.29, 0.717) is 0 Å². The van der Waals surface area contributed by atoms with Gasteiger partial charge in [-0.25, -0.2) is 0 Å². The smallest absolute Gasteiger partial charge is 0.122 e. The van der Waals surface area contributed by atoms with Gasteiger partial charge in [-0.1, -0.05) is 12.1 Å². The van der Waals surface area contributed by atoms with E-state index in [2.05, 4.69) is 49.6 Å². The molecule has 100 valence electrons. The van der Waals surface area contributed by atoms with E-state index in [-0.39, 0.29) is 5.54 Å². The first-order valence-electron chi connectivity index (χ1n) is 6.75. The SMILES string of the molecule is CC(C)(C)NCCNCc1ccc2c(c1)CCO2. The second kappa shape index (κ2) is 5.72. The summed E-state index contributed by atoms with van der Waals surface area (Å²) in [5, 5.41) is 6.93. The minimum absolute atomic E-state index is 0.201. The average Bonchev–Trinajstić information content (AvgIpc) is 2.74. The van der Waals surface area contributed by atoms with E-state index in [1.807, 2.05) is 0 Å². The highest BCUT2D eigenvalue weighted by Crippen LogP contribution is 2.25. The van der Waals surface area contributed by atoms with Gasteiger partial charge in [-0.15, -0.1) is 0 Å². The van der Waals surface area contributed by atoms with Crippen molar-refractivity contribution in [2.75, 3.05) is 19.7 Å². The molecule has 0 aromatic heterocycles. The van der Waals surface area contributed by atoms with E-state index in [0.717, 1.165) is 38.4 Å². The first-order chi connectivity index (χ1) is 8.54. The van der Waals surface area contributed by atoms with Gasteiger partial charge in [0.05, 0.1) is 6.61 Å². The van der Waals surface area contributed by atoms with Crippen LogP contribution >= 0.6 is 0 Å². The Labute approximate surface area is 110 Å². The van der Waals surface area contributed by atoms with Gasteiger partial charge in [-0.3, -0.25) is 0 Å². The quantitative estimate of drug-likeness (QED) is 0.783. The zero-order valence-electron chi connectivity index (χ0n) is 11.7. The van der Waals surface area contributed by atoms with Crippen molar-refractivity contribution in [3.8, 4) is 5.75 Å². The van der Waals surface area contributed by atoms with Gasteiger partial charge in [0.25, 0.3) is 0 Å². The van der Waals surface area contributed by atoms with Gasteiger partial charge in [0, 0.05) is 31.6 Å². The second-order valence-corrected chi connectivity index (χ2v) is 5.89. The molecule has 1 aliphatic heterocycles. The highest BCUT2D eigenvalue weighted by molar-refractivity contribution is 5.39. The lowest BCUT2D eigenvalue weighted by molar-refractivity contribution is 0.357. The molecular formula is C15H24N2O. The van der Waals surface area contributed by atoms with E-state index in [1.54, 1.807) is 0 Å². The molecule has 3 heteroatoms. The fraction of sp³-hybridized carbons (Fsp3) is 0.600. The first kappa shape index (κ1) is 13.4. The Morgan fingerprint density at radius 1 is 1.22 bits per heavy atom. The maximum absolute atomic E-state index is 5.50. The van der Waals surface area contributed by atoms with Gasteiger partial charge in [-0.05, 0) is 38.0 Å². The topological polar surface area (TPSA) is 33.3 Å². The molecule has 0 unspecified atom stereocenters. The molecule has 0 amide bonds. The summed E-state index contributed by atoms with van der Waals surface area (Å²) in [6, 6.07) is 6.49. The van der Waals surface area contributed by atoms with Gasteiger partial charge in [0.1, 0.15) is 5.75 Å². The summed E-state index contributed by atoms with van der Waals surface area (Å²) in [5.74, 6) is 1.06. The number of rotatable bonds is 5. The summed E-state index contributed by atoms with van der Waals surface area (Å²) in [6.07, 6.45) is 1.05. The van der Waals surface area contributed by atoms with Crippen molar-refractivity contribution < 1.29 is 4.74 Å². The summed E-state index contributed by atoms with van der Waals surface area (Å²) >= 11 is 0. The zero-order chi connectivity index (χ0) is 13.0. The minimum atomic E-state index is 0.201. The van der Waals surface area contributed by atoms with E-state index in [1.165, 1.54) is 11.1 Å². The van der Waals surface area contributed by atoms with Crippen molar-refractivity contribution in [2.45, 2.75) is 39.3 Å². The van der Waals surface area contributed by atoms with Crippen LogP contribution in [0.2, 0.25) is 0 Å². The van der Waals surface area contributed by atoms with Crippen molar-refractivity contribution in [3.05, 3.63) is 29.3 Å². The molecule has 0 spiro atoms. The predicted molar refractivity (Wildman–Crippen MR) is 75.1 cm³/mol. The van der Waals surface area contributed by atoms with E-state index < -0.39 is 0 Å². The highest BCUT2D eigenvalue weighted by atomic mass is 16.5. The Kier molecular flexibility index (Phi) is 4.25. The van der Waals surface area contributed by atoms with Crippen LogP contribution in [0.4, 0.5) is 0 Å². The first-order valence-corrected chi connectivity index (χ1v) is 6.75. The average molecular weight is 248 g/mol. The van der Waals surface area contributed by atoms with Crippen LogP contribution < -0.4 is 15.4 Å². The van der Waals surface area contributed by atoms with Crippen molar-refractivity contribution in [1.82, 2.24) is 10.6 Å². The van der Waals surface area contributed by atoms with Gasteiger partial charge < -0.3 is 15.4 Å². The molecule has 0 fully saturated rings. The van der Waals surface area contributed by atoms with Crippen LogP contribution in [-0.2, 0) is 13.0 Å². The summed E-state index contributed by atoms with van der Waals surface area (Å²) in [7, 11) is 0. The molecule has 0 atom stereocenters. The van der Waals surface area contributed by atoms with Gasteiger partial charge in [0.2, 0.25) is 0 Å². The van der Waals surface area contributed by atoms with Crippen LogP contribution in [0.25, 0.3) is 0 Å². The summed E-state index contributed by atoms with van der Waals surface area (Å²) in [6.45, 7) is 10.3. The molecule has 0 bridgehead atoms. The Morgan fingerprint density at radius 2 is 2.06 bits per heavy atom. The predicted octanol–water partition coefficient (Wildman–Crippen LogP) is 2.10. The Morgan fingerprint density at radius 3 is 2.83 bits per heavy atom. The minimum Gasteiger partial charge on any atom is -0.493 e. The van der Waals surface area contributed by atoms with Crippen LogP contribution in [-0.4, -0.2) is 25.2 Å². The Bertz CT molecular complexity index is 396. The Balaban J connectivity index is 1.71. The van der Waals surface area contributed by atoms with Crippen molar-refractivity contribution in [3.63, 3.8) is 0 Å². The molecule has 1 aromatic carbocycles. The lowest BCUT2D eigenvalue weighted by Gasteiger charge is -2.20. The highest BCUT2D eigenvalue weighted by Gasteiger charge is 2.11.